The Bertz CT molecular complexity index is 921. The summed E-state index contributed by atoms with van der Waals surface area (Å²) in [5, 5.41) is 18.7. The average Bonchev–Trinajstić information content (AvgIpc) is 2.62. The highest BCUT2D eigenvalue weighted by Gasteiger charge is 2.36. The third-order valence-electron chi connectivity index (χ3n) is 4.30. The number of halogens is 3. The third-order valence-corrected chi connectivity index (χ3v) is 4.54. The number of benzene rings is 2. The molecule has 1 heterocycles. The maximum absolute atomic E-state index is 14.3. The summed E-state index contributed by atoms with van der Waals surface area (Å²) < 4.78 is 33.1. The quantitative estimate of drug-likeness (QED) is 0.821. The highest BCUT2D eigenvalue weighted by molar-refractivity contribution is 6.30. The fourth-order valence-corrected chi connectivity index (χ4v) is 3.37. The highest BCUT2D eigenvalue weighted by atomic mass is 35.5. The third kappa shape index (κ3) is 3.66. The molecule has 1 amide bonds. The van der Waals surface area contributed by atoms with Gasteiger partial charge in [0, 0.05) is 17.1 Å². The van der Waals surface area contributed by atoms with Gasteiger partial charge in [-0.25, -0.2) is 18.4 Å². The molecule has 1 atom stereocenters. The molecule has 0 aliphatic carbocycles. The molecule has 0 saturated heterocycles. The Morgan fingerprint density at radius 3 is 2.59 bits per heavy atom. The number of amides is 1. The summed E-state index contributed by atoms with van der Waals surface area (Å²) in [6, 6.07) is 5.51. The zero-order valence-corrected chi connectivity index (χ0v) is 14.5. The van der Waals surface area contributed by atoms with E-state index in [1.54, 1.807) is 0 Å². The maximum Gasteiger partial charge on any atom is 0.408 e. The summed E-state index contributed by atoms with van der Waals surface area (Å²) in [6.07, 6.45) is -1.26. The second-order valence-corrected chi connectivity index (χ2v) is 6.36. The number of carboxylic acids is 1. The Morgan fingerprint density at radius 2 is 1.93 bits per heavy atom. The van der Waals surface area contributed by atoms with Crippen LogP contribution in [-0.2, 0) is 11.2 Å². The molecular weight excluding hydrogens is 384 g/mol. The van der Waals surface area contributed by atoms with E-state index >= 15 is 0 Å². The smallest absolute Gasteiger partial charge is 0.408 e. The van der Waals surface area contributed by atoms with E-state index in [4.69, 9.17) is 21.4 Å². The molecular formula is C18H14ClF2NO5. The van der Waals surface area contributed by atoms with Crippen LogP contribution in [0.25, 0.3) is 0 Å². The molecule has 1 aliphatic rings. The van der Waals surface area contributed by atoms with Crippen LogP contribution in [0.2, 0.25) is 5.02 Å². The number of fused-ring (bicyclic) bond motifs is 1. The maximum atomic E-state index is 14.3. The first-order valence-corrected chi connectivity index (χ1v) is 8.27. The van der Waals surface area contributed by atoms with Crippen LogP contribution in [0.15, 0.2) is 30.3 Å². The van der Waals surface area contributed by atoms with Crippen LogP contribution >= 0.6 is 11.6 Å². The van der Waals surface area contributed by atoms with Crippen molar-refractivity contribution in [1.29, 1.82) is 0 Å². The predicted octanol–water partition coefficient (Wildman–Crippen LogP) is 3.71. The lowest BCUT2D eigenvalue weighted by Gasteiger charge is -2.36. The molecule has 9 heteroatoms. The minimum atomic E-state index is -1.26. The molecule has 2 aromatic rings. The second-order valence-electron chi connectivity index (χ2n) is 5.92. The molecule has 0 bridgehead atoms. The van der Waals surface area contributed by atoms with Crippen molar-refractivity contribution < 1.29 is 33.3 Å². The number of carboxylic acid groups (broad SMARTS) is 2. The van der Waals surface area contributed by atoms with Crippen LogP contribution in [0.1, 0.15) is 22.7 Å². The summed E-state index contributed by atoms with van der Waals surface area (Å²) in [4.78, 5) is 23.6. The zero-order valence-electron chi connectivity index (χ0n) is 13.8. The lowest BCUT2D eigenvalue weighted by Crippen LogP contribution is -2.40. The van der Waals surface area contributed by atoms with Crippen molar-refractivity contribution in [2.24, 2.45) is 0 Å². The van der Waals surface area contributed by atoms with Crippen molar-refractivity contribution in [2.75, 3.05) is 13.2 Å². The molecule has 0 spiro atoms. The van der Waals surface area contributed by atoms with E-state index in [9.17, 15) is 23.5 Å². The molecule has 0 aromatic heterocycles. The number of ether oxygens (including phenoxy) is 1. The fraction of sp³-hybridized carbons (Fsp3) is 0.222. The van der Waals surface area contributed by atoms with Crippen LogP contribution in [0, 0.1) is 11.6 Å². The molecule has 27 heavy (non-hydrogen) atoms. The van der Waals surface area contributed by atoms with Gasteiger partial charge in [-0.15, -0.1) is 0 Å². The van der Waals surface area contributed by atoms with Crippen molar-refractivity contribution in [3.63, 3.8) is 0 Å². The van der Waals surface area contributed by atoms with Crippen LogP contribution in [0.4, 0.5) is 13.6 Å². The molecule has 0 radical (unpaired) electrons. The Hall–Kier alpha value is -2.87. The van der Waals surface area contributed by atoms with E-state index in [0.29, 0.717) is 0 Å². The Morgan fingerprint density at radius 1 is 1.19 bits per heavy atom. The predicted molar refractivity (Wildman–Crippen MR) is 91.2 cm³/mol. The first kappa shape index (κ1) is 18.9. The topological polar surface area (TPSA) is 87.1 Å². The number of rotatable bonds is 4. The van der Waals surface area contributed by atoms with E-state index in [-0.39, 0.29) is 40.4 Å². The van der Waals surface area contributed by atoms with E-state index in [2.05, 4.69) is 0 Å². The van der Waals surface area contributed by atoms with Crippen molar-refractivity contribution >= 4 is 23.7 Å². The van der Waals surface area contributed by atoms with E-state index in [0.717, 1.165) is 11.0 Å². The van der Waals surface area contributed by atoms with Crippen LogP contribution in [0.5, 0.6) is 5.75 Å². The average molecular weight is 398 g/mol. The summed E-state index contributed by atoms with van der Waals surface area (Å²) in [5.41, 5.74) is 0.574. The number of aliphatic carboxylic acids is 1. The van der Waals surface area contributed by atoms with E-state index in [1.807, 2.05) is 0 Å². The van der Waals surface area contributed by atoms with Crippen molar-refractivity contribution in [2.45, 2.75) is 12.5 Å². The minimum absolute atomic E-state index is 0.00755. The molecule has 2 N–H and O–H groups in total. The van der Waals surface area contributed by atoms with Gasteiger partial charge in [-0.3, -0.25) is 4.90 Å². The van der Waals surface area contributed by atoms with Gasteiger partial charge in [0.1, 0.15) is 5.75 Å². The van der Waals surface area contributed by atoms with Gasteiger partial charge in [0.25, 0.3) is 0 Å². The van der Waals surface area contributed by atoms with E-state index < -0.39 is 36.3 Å². The number of nitrogens with zero attached hydrogens (tertiary/aromatic N) is 1. The van der Waals surface area contributed by atoms with Crippen LogP contribution in [-0.4, -0.2) is 40.3 Å². The monoisotopic (exact) mass is 397 g/mol. The lowest BCUT2D eigenvalue weighted by atomic mass is 9.87. The highest BCUT2D eigenvalue weighted by Crippen LogP contribution is 2.41. The van der Waals surface area contributed by atoms with Crippen molar-refractivity contribution in [3.8, 4) is 5.75 Å². The first-order valence-electron chi connectivity index (χ1n) is 7.90. The van der Waals surface area contributed by atoms with Crippen molar-refractivity contribution in [1.82, 2.24) is 4.90 Å². The van der Waals surface area contributed by atoms with Gasteiger partial charge in [0.15, 0.2) is 18.2 Å². The summed E-state index contributed by atoms with van der Waals surface area (Å²) in [7, 11) is 0. The normalized spacial score (nSPS) is 16.0. The number of hydrogen-bond donors (Lipinski definition) is 2. The second kappa shape index (κ2) is 7.40. The summed E-state index contributed by atoms with van der Waals surface area (Å²) >= 11 is 6.04. The van der Waals surface area contributed by atoms with Crippen molar-refractivity contribution in [3.05, 3.63) is 63.7 Å². The summed E-state index contributed by atoms with van der Waals surface area (Å²) in [5.74, 6) is -3.18. The van der Waals surface area contributed by atoms with Gasteiger partial charge in [-0.05, 0) is 41.8 Å². The van der Waals surface area contributed by atoms with Crippen LogP contribution in [0.3, 0.4) is 0 Å². The first-order chi connectivity index (χ1) is 12.8. The standard InChI is InChI=1S/C18H14ClF2NO5/c19-9-1-4-14(27-8-15(23)24)12(7-9)17-11-2-3-13(20)16(21)10(11)5-6-22(17)18(25)26/h1-4,7,17H,5-6,8H2,(H,23,24)(H,25,26)/t17-/m0/s1. The molecule has 142 valence electrons. The Labute approximate surface area is 157 Å². The molecule has 0 fully saturated rings. The molecule has 0 saturated carbocycles. The largest absolute Gasteiger partial charge is 0.482 e. The van der Waals surface area contributed by atoms with Gasteiger partial charge in [0.05, 0.1) is 6.04 Å². The van der Waals surface area contributed by atoms with Gasteiger partial charge >= 0.3 is 12.1 Å². The van der Waals surface area contributed by atoms with E-state index in [1.165, 1.54) is 24.3 Å². The van der Waals surface area contributed by atoms with Crippen LogP contribution < -0.4 is 4.74 Å². The lowest BCUT2D eigenvalue weighted by molar-refractivity contribution is -0.139. The molecule has 3 rings (SSSR count). The number of carbonyl (C=O) groups is 2. The molecule has 2 aromatic carbocycles. The van der Waals surface area contributed by atoms with Gasteiger partial charge in [-0.1, -0.05) is 17.7 Å². The minimum Gasteiger partial charge on any atom is -0.482 e. The zero-order chi connectivity index (χ0) is 19.7. The SMILES string of the molecule is O=C(O)COc1ccc(Cl)cc1[C@@H]1c2ccc(F)c(F)c2CCN1C(=O)O. The van der Waals surface area contributed by atoms with Gasteiger partial charge in [-0.2, -0.15) is 0 Å². The molecule has 6 nitrogen and oxygen atoms in total. The Kier molecular flexibility index (Phi) is 5.18. The molecule has 0 unspecified atom stereocenters. The number of hydrogen-bond acceptors (Lipinski definition) is 3. The molecule has 1 aliphatic heterocycles. The fourth-order valence-electron chi connectivity index (χ4n) is 3.19. The Balaban J connectivity index is 2.18. The summed E-state index contributed by atoms with van der Waals surface area (Å²) in [6.45, 7) is -0.725. The van der Waals surface area contributed by atoms with Gasteiger partial charge < -0.3 is 14.9 Å². The van der Waals surface area contributed by atoms with Gasteiger partial charge in [0.2, 0.25) is 0 Å².